The summed E-state index contributed by atoms with van der Waals surface area (Å²) in [7, 11) is 0. The summed E-state index contributed by atoms with van der Waals surface area (Å²) >= 11 is 0. The molecule has 0 aliphatic rings. The number of benzene rings is 2. The first-order chi connectivity index (χ1) is 9.36. The van der Waals surface area contributed by atoms with Gasteiger partial charge in [0.2, 0.25) is 0 Å². The average Bonchev–Trinajstić information content (AvgIpc) is 2.45. The van der Waals surface area contributed by atoms with Crippen molar-refractivity contribution in [2.24, 2.45) is 10.2 Å². The Labute approximate surface area is 112 Å². The van der Waals surface area contributed by atoms with Gasteiger partial charge in [0.15, 0.2) is 0 Å². The van der Waals surface area contributed by atoms with Gasteiger partial charge in [-0.25, -0.2) is 0 Å². The molecule has 4 heteroatoms. The fourth-order valence-electron chi connectivity index (χ4n) is 1.50. The van der Waals surface area contributed by atoms with Crippen LogP contribution in [0.1, 0.15) is 5.56 Å². The highest BCUT2D eigenvalue weighted by Crippen LogP contribution is 2.12. The number of anilines is 2. The highest BCUT2D eigenvalue weighted by atomic mass is 15.3. The molecule has 2 aromatic rings. The van der Waals surface area contributed by atoms with E-state index in [4.69, 9.17) is 0 Å². The topological polar surface area (TPSA) is 48.8 Å². The minimum Gasteiger partial charge on any atom is -0.278 e. The predicted octanol–water partition coefficient (Wildman–Crippen LogP) is 3.49. The lowest BCUT2D eigenvalue weighted by Gasteiger charge is -2.02. The van der Waals surface area contributed by atoms with Crippen molar-refractivity contribution < 1.29 is 0 Å². The Hall–Kier alpha value is -2.62. The van der Waals surface area contributed by atoms with Crippen molar-refractivity contribution in [2.45, 2.75) is 6.92 Å². The molecule has 0 aliphatic heterocycles. The number of hydrogen-bond donors (Lipinski definition) is 2. The Morgan fingerprint density at radius 2 is 1.42 bits per heavy atom. The fourth-order valence-corrected chi connectivity index (χ4v) is 1.50. The summed E-state index contributed by atoms with van der Waals surface area (Å²) in [5, 5.41) is 8.10. The van der Waals surface area contributed by atoms with Gasteiger partial charge in [-0.05, 0) is 30.7 Å². The zero-order valence-corrected chi connectivity index (χ0v) is 10.7. The first-order valence-electron chi connectivity index (χ1n) is 6.03. The number of hydrazone groups is 2. The van der Waals surface area contributed by atoms with Crippen LogP contribution in [0.3, 0.4) is 0 Å². The molecule has 0 saturated heterocycles. The van der Waals surface area contributed by atoms with Crippen molar-refractivity contribution in [2.75, 3.05) is 10.9 Å². The molecule has 4 nitrogen and oxygen atoms in total. The molecule has 2 rings (SSSR count). The van der Waals surface area contributed by atoms with Crippen molar-refractivity contribution in [3.63, 3.8) is 0 Å². The molecule has 0 radical (unpaired) electrons. The number of nitrogens with one attached hydrogen (secondary N) is 2. The van der Waals surface area contributed by atoms with Crippen LogP contribution >= 0.6 is 0 Å². The van der Waals surface area contributed by atoms with Gasteiger partial charge in [0.1, 0.15) is 0 Å². The Balaban J connectivity index is 1.79. The standard InChI is InChI=1S/C15H16N4/c1-13-7-5-6-10-15(13)19-17-12-11-16-18-14-8-3-2-4-9-14/h2-12,18-19H,1H3/b16-11-,17-12-. The number of para-hydroxylation sites is 2. The lowest BCUT2D eigenvalue weighted by molar-refractivity contribution is 1.31. The second-order valence-corrected chi connectivity index (χ2v) is 3.96. The first-order valence-corrected chi connectivity index (χ1v) is 6.03. The van der Waals surface area contributed by atoms with E-state index in [1.165, 1.54) is 0 Å². The monoisotopic (exact) mass is 252 g/mol. The summed E-state index contributed by atoms with van der Waals surface area (Å²) in [6.45, 7) is 2.03. The molecular formula is C15H16N4. The second-order valence-electron chi connectivity index (χ2n) is 3.96. The van der Waals surface area contributed by atoms with Crippen LogP contribution in [0.25, 0.3) is 0 Å². The van der Waals surface area contributed by atoms with Gasteiger partial charge >= 0.3 is 0 Å². The van der Waals surface area contributed by atoms with Gasteiger partial charge < -0.3 is 0 Å². The third-order valence-electron chi connectivity index (χ3n) is 2.51. The second kappa shape index (κ2) is 6.96. The van der Waals surface area contributed by atoms with Gasteiger partial charge in [-0.3, -0.25) is 10.9 Å². The van der Waals surface area contributed by atoms with E-state index < -0.39 is 0 Å². The van der Waals surface area contributed by atoms with Crippen LogP contribution in [0, 0.1) is 6.92 Å². The van der Waals surface area contributed by atoms with E-state index in [-0.39, 0.29) is 0 Å². The van der Waals surface area contributed by atoms with Crippen molar-refractivity contribution in [3.8, 4) is 0 Å². The molecule has 0 amide bonds. The molecule has 0 saturated carbocycles. The SMILES string of the molecule is Cc1ccccc1N/N=C\C=N/Nc1ccccc1. The molecule has 0 atom stereocenters. The molecule has 0 aliphatic carbocycles. The summed E-state index contributed by atoms with van der Waals surface area (Å²) < 4.78 is 0. The van der Waals surface area contributed by atoms with Gasteiger partial charge in [0.25, 0.3) is 0 Å². The van der Waals surface area contributed by atoms with Crippen molar-refractivity contribution in [1.82, 2.24) is 0 Å². The Bertz CT molecular complexity index is 561. The van der Waals surface area contributed by atoms with Crippen LogP contribution in [-0.4, -0.2) is 12.4 Å². The molecule has 0 fully saturated rings. The quantitative estimate of drug-likeness (QED) is 0.632. The number of rotatable bonds is 5. The van der Waals surface area contributed by atoms with Gasteiger partial charge in [-0.1, -0.05) is 36.4 Å². The summed E-state index contributed by atoms with van der Waals surface area (Å²) in [5.41, 5.74) is 8.95. The van der Waals surface area contributed by atoms with E-state index in [1.54, 1.807) is 12.4 Å². The van der Waals surface area contributed by atoms with Crippen LogP contribution in [0.4, 0.5) is 11.4 Å². The van der Waals surface area contributed by atoms with Gasteiger partial charge in [0, 0.05) is 0 Å². The van der Waals surface area contributed by atoms with Crippen LogP contribution in [-0.2, 0) is 0 Å². The van der Waals surface area contributed by atoms with Crippen molar-refractivity contribution >= 4 is 23.8 Å². The third-order valence-corrected chi connectivity index (χ3v) is 2.51. The smallest absolute Gasteiger partial charge is 0.0673 e. The molecule has 0 aromatic heterocycles. The van der Waals surface area contributed by atoms with E-state index in [2.05, 4.69) is 21.1 Å². The minimum atomic E-state index is 0.944. The van der Waals surface area contributed by atoms with E-state index in [0.717, 1.165) is 16.9 Å². The molecular weight excluding hydrogens is 236 g/mol. The van der Waals surface area contributed by atoms with E-state index in [0.29, 0.717) is 0 Å². The highest BCUT2D eigenvalue weighted by molar-refractivity contribution is 6.16. The zero-order chi connectivity index (χ0) is 13.3. The van der Waals surface area contributed by atoms with Crippen LogP contribution in [0.5, 0.6) is 0 Å². The Kier molecular flexibility index (Phi) is 4.70. The lowest BCUT2D eigenvalue weighted by Crippen LogP contribution is -1.93. The van der Waals surface area contributed by atoms with E-state index >= 15 is 0 Å². The van der Waals surface area contributed by atoms with Crippen LogP contribution in [0.15, 0.2) is 64.8 Å². The summed E-state index contributed by atoms with van der Waals surface area (Å²) in [6.07, 6.45) is 3.20. The maximum atomic E-state index is 4.07. The average molecular weight is 252 g/mol. The maximum absolute atomic E-state index is 4.07. The molecule has 19 heavy (non-hydrogen) atoms. The van der Waals surface area contributed by atoms with Crippen molar-refractivity contribution in [3.05, 3.63) is 60.2 Å². The molecule has 0 unspecified atom stereocenters. The van der Waals surface area contributed by atoms with Crippen LogP contribution in [0.2, 0.25) is 0 Å². The Morgan fingerprint density at radius 3 is 2.16 bits per heavy atom. The summed E-state index contributed by atoms with van der Waals surface area (Å²) in [5.74, 6) is 0. The highest BCUT2D eigenvalue weighted by Gasteiger charge is 1.91. The molecule has 0 heterocycles. The first kappa shape index (κ1) is 12.8. The molecule has 0 spiro atoms. The number of nitrogens with zero attached hydrogens (tertiary/aromatic N) is 2. The number of aryl methyl sites for hydroxylation is 1. The lowest BCUT2D eigenvalue weighted by atomic mass is 10.2. The van der Waals surface area contributed by atoms with Gasteiger partial charge in [-0.2, -0.15) is 10.2 Å². The maximum Gasteiger partial charge on any atom is 0.0673 e. The fraction of sp³-hybridized carbons (Fsp3) is 0.0667. The predicted molar refractivity (Wildman–Crippen MR) is 81.9 cm³/mol. The minimum absolute atomic E-state index is 0.944. The number of hydrogen-bond acceptors (Lipinski definition) is 4. The van der Waals surface area contributed by atoms with E-state index in [9.17, 15) is 0 Å². The Morgan fingerprint density at radius 1 is 0.789 bits per heavy atom. The van der Waals surface area contributed by atoms with Gasteiger partial charge in [0.05, 0.1) is 23.8 Å². The van der Waals surface area contributed by atoms with Crippen LogP contribution < -0.4 is 10.9 Å². The van der Waals surface area contributed by atoms with E-state index in [1.807, 2.05) is 61.5 Å². The largest absolute Gasteiger partial charge is 0.278 e. The third kappa shape index (κ3) is 4.27. The summed E-state index contributed by atoms with van der Waals surface area (Å²) in [6, 6.07) is 17.7. The normalized spacial score (nSPS) is 11.0. The molecule has 96 valence electrons. The molecule has 2 N–H and O–H groups in total. The summed E-state index contributed by atoms with van der Waals surface area (Å²) in [4.78, 5) is 0. The molecule has 2 aromatic carbocycles. The van der Waals surface area contributed by atoms with Crippen molar-refractivity contribution in [1.29, 1.82) is 0 Å². The molecule has 0 bridgehead atoms. The van der Waals surface area contributed by atoms with Gasteiger partial charge in [-0.15, -0.1) is 0 Å². The zero-order valence-electron chi connectivity index (χ0n) is 10.7.